The van der Waals surface area contributed by atoms with Gasteiger partial charge in [0.2, 0.25) is 0 Å². The Labute approximate surface area is 93.4 Å². The maximum Gasteiger partial charge on any atom is 0.165 e. The molecule has 0 heterocycles. The van der Waals surface area contributed by atoms with Crippen LogP contribution in [-0.4, -0.2) is 13.7 Å². The number of ether oxygens (including phenoxy) is 2. The molecule has 0 unspecified atom stereocenters. The van der Waals surface area contributed by atoms with Crippen LogP contribution < -0.4 is 9.47 Å². The average molecular weight is 259 g/mol. The lowest BCUT2D eigenvalue weighted by Gasteiger charge is -2.12. The molecule has 3 heteroatoms. The molecule has 1 aromatic carbocycles. The van der Waals surface area contributed by atoms with E-state index < -0.39 is 0 Å². The summed E-state index contributed by atoms with van der Waals surface area (Å²) in [5, 5.41) is 0.781. The van der Waals surface area contributed by atoms with Gasteiger partial charge in [-0.1, -0.05) is 35.0 Å². The minimum atomic E-state index is 0.723. The van der Waals surface area contributed by atoms with E-state index >= 15 is 0 Å². The van der Waals surface area contributed by atoms with E-state index in [9.17, 15) is 0 Å². The van der Waals surface area contributed by atoms with Crippen molar-refractivity contribution in [3.8, 4) is 11.5 Å². The van der Waals surface area contributed by atoms with E-state index in [1.54, 1.807) is 7.11 Å². The molecule has 1 rings (SSSR count). The molecule has 0 N–H and O–H groups in total. The summed E-state index contributed by atoms with van der Waals surface area (Å²) in [5.74, 6) is 1.66. The highest BCUT2D eigenvalue weighted by Gasteiger charge is 2.08. The van der Waals surface area contributed by atoms with Crippen molar-refractivity contribution in [3.05, 3.63) is 23.8 Å². The molecule has 0 aromatic heterocycles. The second-order valence-electron chi connectivity index (χ2n) is 2.93. The highest BCUT2D eigenvalue weighted by Crippen LogP contribution is 2.32. The number of alkyl halides is 1. The minimum absolute atomic E-state index is 0.723. The van der Waals surface area contributed by atoms with Crippen molar-refractivity contribution in [1.82, 2.24) is 0 Å². The van der Waals surface area contributed by atoms with Crippen LogP contribution in [0.25, 0.3) is 0 Å². The van der Waals surface area contributed by atoms with Gasteiger partial charge in [-0.15, -0.1) is 0 Å². The quantitative estimate of drug-likeness (QED) is 0.755. The van der Waals surface area contributed by atoms with Crippen molar-refractivity contribution in [3.63, 3.8) is 0 Å². The number of methoxy groups -OCH3 is 1. The summed E-state index contributed by atoms with van der Waals surface area (Å²) in [4.78, 5) is 0. The van der Waals surface area contributed by atoms with Crippen molar-refractivity contribution in [1.29, 1.82) is 0 Å². The van der Waals surface area contributed by atoms with E-state index in [0.29, 0.717) is 0 Å². The van der Waals surface area contributed by atoms with Crippen LogP contribution in [0.2, 0.25) is 0 Å². The number of benzene rings is 1. The molecule has 2 nitrogen and oxygen atoms in total. The maximum absolute atomic E-state index is 5.64. The van der Waals surface area contributed by atoms with Crippen LogP contribution in [0.1, 0.15) is 18.9 Å². The van der Waals surface area contributed by atoms with Gasteiger partial charge in [0.25, 0.3) is 0 Å². The average Bonchev–Trinajstić information content (AvgIpc) is 2.25. The van der Waals surface area contributed by atoms with Gasteiger partial charge in [-0.25, -0.2) is 0 Å². The normalized spacial score (nSPS) is 9.93. The predicted molar refractivity (Wildman–Crippen MR) is 61.4 cm³/mol. The van der Waals surface area contributed by atoms with Gasteiger partial charge in [0, 0.05) is 10.9 Å². The fourth-order valence-corrected chi connectivity index (χ4v) is 1.64. The molecule has 0 fully saturated rings. The summed E-state index contributed by atoms with van der Waals surface area (Å²) in [6.45, 7) is 2.81. The summed E-state index contributed by atoms with van der Waals surface area (Å²) < 4.78 is 10.9. The van der Waals surface area contributed by atoms with E-state index in [2.05, 4.69) is 22.9 Å². The second-order valence-corrected chi connectivity index (χ2v) is 3.49. The molecule has 0 saturated heterocycles. The topological polar surface area (TPSA) is 18.5 Å². The van der Waals surface area contributed by atoms with Gasteiger partial charge in [0.1, 0.15) is 0 Å². The number of rotatable bonds is 5. The predicted octanol–water partition coefficient (Wildman–Crippen LogP) is 3.38. The lowest BCUT2D eigenvalue weighted by Crippen LogP contribution is -2.00. The maximum atomic E-state index is 5.64. The first-order valence-electron chi connectivity index (χ1n) is 4.68. The van der Waals surface area contributed by atoms with Gasteiger partial charge in [0.15, 0.2) is 11.5 Å². The Balaban J connectivity index is 2.93. The Morgan fingerprint density at radius 3 is 2.71 bits per heavy atom. The minimum Gasteiger partial charge on any atom is -0.493 e. The van der Waals surface area contributed by atoms with E-state index in [0.717, 1.165) is 35.4 Å². The van der Waals surface area contributed by atoms with Crippen molar-refractivity contribution in [2.24, 2.45) is 0 Å². The molecular formula is C11H15BrO2. The number of hydrogen-bond donors (Lipinski definition) is 0. The van der Waals surface area contributed by atoms with Crippen molar-refractivity contribution in [2.75, 3.05) is 13.7 Å². The Morgan fingerprint density at radius 2 is 2.14 bits per heavy atom. The number of halogens is 1. The molecule has 0 saturated carbocycles. The van der Waals surface area contributed by atoms with Crippen LogP contribution in [0.4, 0.5) is 0 Å². The summed E-state index contributed by atoms with van der Waals surface area (Å²) in [7, 11) is 1.66. The molecule has 14 heavy (non-hydrogen) atoms. The standard InChI is InChI=1S/C11H15BrO2/c1-3-7-14-11-9(8-12)5-4-6-10(11)13-2/h4-6H,3,7-8H2,1-2H3. The smallest absolute Gasteiger partial charge is 0.165 e. The second kappa shape index (κ2) is 5.91. The lowest BCUT2D eigenvalue weighted by atomic mass is 10.2. The monoisotopic (exact) mass is 258 g/mol. The van der Waals surface area contributed by atoms with Crippen molar-refractivity contribution >= 4 is 15.9 Å². The lowest BCUT2D eigenvalue weighted by molar-refractivity contribution is 0.292. The zero-order valence-corrected chi connectivity index (χ0v) is 10.1. The molecule has 78 valence electrons. The number of para-hydroxylation sites is 1. The molecule has 0 radical (unpaired) electrons. The van der Waals surface area contributed by atoms with Gasteiger partial charge >= 0.3 is 0 Å². The van der Waals surface area contributed by atoms with Crippen LogP contribution >= 0.6 is 15.9 Å². The van der Waals surface area contributed by atoms with E-state index in [1.807, 2.05) is 18.2 Å². The van der Waals surface area contributed by atoms with E-state index in [1.165, 1.54) is 0 Å². The summed E-state index contributed by atoms with van der Waals surface area (Å²) in [6, 6.07) is 5.91. The Bertz CT molecular complexity index is 264. The van der Waals surface area contributed by atoms with Crippen LogP contribution in [0.15, 0.2) is 18.2 Å². The molecule has 0 bridgehead atoms. The molecule has 0 aliphatic heterocycles. The van der Waals surface area contributed by atoms with Crippen LogP contribution in [-0.2, 0) is 5.33 Å². The molecular weight excluding hydrogens is 244 g/mol. The van der Waals surface area contributed by atoms with Gasteiger partial charge < -0.3 is 9.47 Å². The molecule has 1 aromatic rings. The van der Waals surface area contributed by atoms with Gasteiger partial charge in [-0.2, -0.15) is 0 Å². The largest absolute Gasteiger partial charge is 0.493 e. The molecule has 0 atom stereocenters. The first-order chi connectivity index (χ1) is 6.83. The van der Waals surface area contributed by atoms with Gasteiger partial charge in [-0.3, -0.25) is 0 Å². The third-order valence-corrected chi connectivity index (χ3v) is 2.48. The SMILES string of the molecule is CCCOc1c(CBr)cccc1OC. The molecule has 0 amide bonds. The zero-order chi connectivity index (χ0) is 10.4. The summed E-state index contributed by atoms with van der Waals surface area (Å²) in [5.41, 5.74) is 1.12. The molecule has 0 aliphatic rings. The fraction of sp³-hybridized carbons (Fsp3) is 0.455. The summed E-state index contributed by atoms with van der Waals surface area (Å²) >= 11 is 3.43. The highest BCUT2D eigenvalue weighted by atomic mass is 79.9. The Morgan fingerprint density at radius 1 is 1.36 bits per heavy atom. The Kier molecular flexibility index (Phi) is 4.80. The zero-order valence-electron chi connectivity index (χ0n) is 8.55. The van der Waals surface area contributed by atoms with Crippen molar-refractivity contribution < 1.29 is 9.47 Å². The van der Waals surface area contributed by atoms with Crippen LogP contribution in [0.3, 0.4) is 0 Å². The summed E-state index contributed by atoms with van der Waals surface area (Å²) in [6.07, 6.45) is 1.000. The van der Waals surface area contributed by atoms with Gasteiger partial charge in [0.05, 0.1) is 13.7 Å². The molecule has 0 aliphatic carbocycles. The van der Waals surface area contributed by atoms with E-state index in [-0.39, 0.29) is 0 Å². The van der Waals surface area contributed by atoms with E-state index in [4.69, 9.17) is 9.47 Å². The van der Waals surface area contributed by atoms with Crippen LogP contribution in [0.5, 0.6) is 11.5 Å². The number of hydrogen-bond acceptors (Lipinski definition) is 2. The molecule has 0 spiro atoms. The van der Waals surface area contributed by atoms with Crippen molar-refractivity contribution in [2.45, 2.75) is 18.7 Å². The van der Waals surface area contributed by atoms with Crippen LogP contribution in [0, 0.1) is 0 Å². The fourth-order valence-electron chi connectivity index (χ4n) is 1.20. The highest BCUT2D eigenvalue weighted by molar-refractivity contribution is 9.08. The Hall–Kier alpha value is -0.700. The van der Waals surface area contributed by atoms with Gasteiger partial charge in [-0.05, 0) is 12.5 Å². The first-order valence-corrected chi connectivity index (χ1v) is 5.80. The third kappa shape index (κ3) is 2.64. The third-order valence-electron chi connectivity index (χ3n) is 1.87. The first kappa shape index (κ1) is 11.4.